The lowest BCUT2D eigenvalue weighted by Gasteiger charge is -2.22. The number of benzene rings is 2. The zero-order chi connectivity index (χ0) is 25.7. The number of carbonyl (C=O) groups is 3. The minimum atomic E-state index is -1.08. The highest BCUT2D eigenvalue weighted by Crippen LogP contribution is 2.26. The molecule has 9 nitrogen and oxygen atoms in total. The van der Waals surface area contributed by atoms with E-state index in [9.17, 15) is 14.4 Å². The first-order chi connectivity index (χ1) is 16.6. The predicted molar refractivity (Wildman–Crippen MR) is 135 cm³/mol. The summed E-state index contributed by atoms with van der Waals surface area (Å²) in [7, 11) is 1.75. The monoisotopic (exact) mass is 535 g/mol. The molecule has 184 valence electrons. The lowest BCUT2D eigenvalue weighted by Crippen LogP contribution is -2.33. The molecule has 3 rings (SSSR count). The lowest BCUT2D eigenvalue weighted by atomic mass is 10.0. The number of thioether (sulfide) groups is 1. The molecule has 3 N–H and O–H groups in total. The highest BCUT2D eigenvalue weighted by atomic mass is 35.5. The largest absolute Gasteiger partial charge is 0.478 e. The van der Waals surface area contributed by atoms with Gasteiger partial charge in [0.2, 0.25) is 5.91 Å². The van der Waals surface area contributed by atoms with E-state index in [2.05, 4.69) is 20.8 Å². The number of aromatic nitrogens is 3. The van der Waals surface area contributed by atoms with Crippen molar-refractivity contribution in [3.8, 4) is 0 Å². The number of hydrogen-bond donors (Lipinski definition) is 3. The van der Waals surface area contributed by atoms with Crippen LogP contribution in [0.3, 0.4) is 0 Å². The van der Waals surface area contributed by atoms with Gasteiger partial charge in [-0.15, -0.1) is 10.2 Å². The smallest absolute Gasteiger partial charge is 0.335 e. The molecule has 3 aromatic rings. The van der Waals surface area contributed by atoms with Crippen LogP contribution in [0.25, 0.3) is 0 Å². The molecule has 0 fully saturated rings. The summed E-state index contributed by atoms with van der Waals surface area (Å²) in [5.74, 6) is -1.24. The molecule has 1 atom stereocenters. The van der Waals surface area contributed by atoms with Gasteiger partial charge >= 0.3 is 5.97 Å². The molecule has 0 aliphatic carbocycles. The third-order valence-electron chi connectivity index (χ3n) is 5.00. The molecule has 0 unspecified atom stereocenters. The Labute approximate surface area is 216 Å². The van der Waals surface area contributed by atoms with Crippen molar-refractivity contribution in [1.82, 2.24) is 20.1 Å². The van der Waals surface area contributed by atoms with Gasteiger partial charge in [0.05, 0.1) is 27.9 Å². The first-order valence-corrected chi connectivity index (χ1v) is 12.2. The van der Waals surface area contributed by atoms with E-state index in [1.807, 2.05) is 13.8 Å². The van der Waals surface area contributed by atoms with E-state index < -0.39 is 12.0 Å². The van der Waals surface area contributed by atoms with Crippen molar-refractivity contribution in [1.29, 1.82) is 0 Å². The third kappa shape index (κ3) is 6.74. The number of amides is 2. The van der Waals surface area contributed by atoms with E-state index in [0.29, 0.717) is 27.3 Å². The number of nitrogens with zero attached hydrogens (tertiary/aromatic N) is 3. The quantitative estimate of drug-likeness (QED) is 0.339. The first kappa shape index (κ1) is 26.5. The van der Waals surface area contributed by atoms with Gasteiger partial charge in [-0.3, -0.25) is 9.59 Å². The van der Waals surface area contributed by atoms with Gasteiger partial charge in [-0.05, 0) is 42.3 Å². The van der Waals surface area contributed by atoms with E-state index >= 15 is 0 Å². The zero-order valence-electron chi connectivity index (χ0n) is 19.1. The van der Waals surface area contributed by atoms with Crippen LogP contribution in [0.4, 0.5) is 5.69 Å². The molecular formula is C23H23Cl2N5O4S. The van der Waals surface area contributed by atoms with Gasteiger partial charge in [-0.25, -0.2) is 4.79 Å². The fourth-order valence-electron chi connectivity index (χ4n) is 3.20. The van der Waals surface area contributed by atoms with E-state index in [1.54, 1.807) is 35.9 Å². The number of anilines is 1. The molecule has 0 saturated carbocycles. The fourth-order valence-corrected chi connectivity index (χ4v) is 4.41. The number of carboxylic acid groups (broad SMARTS) is 1. The van der Waals surface area contributed by atoms with E-state index in [0.717, 1.165) is 0 Å². The second kappa shape index (κ2) is 11.6. The Morgan fingerprint density at radius 3 is 2.51 bits per heavy atom. The Hall–Kier alpha value is -3.08. The van der Waals surface area contributed by atoms with Crippen LogP contribution in [0.15, 0.2) is 47.6 Å². The SMILES string of the molecule is CC(C)[C@@H](NC(=O)c1ccc(Cl)cc1Cl)c1nnc(SCC(=O)Nc2cccc(C(=O)O)c2)n1C. The predicted octanol–water partition coefficient (Wildman–Crippen LogP) is 4.68. The highest BCUT2D eigenvalue weighted by Gasteiger charge is 2.26. The van der Waals surface area contributed by atoms with Crippen molar-refractivity contribution in [3.63, 3.8) is 0 Å². The molecule has 0 aliphatic rings. The number of nitrogens with one attached hydrogen (secondary N) is 2. The Morgan fingerprint density at radius 1 is 1.11 bits per heavy atom. The second-order valence-corrected chi connectivity index (χ2v) is 9.73. The molecule has 0 spiro atoms. The number of hydrogen-bond acceptors (Lipinski definition) is 6. The van der Waals surface area contributed by atoms with Gasteiger partial charge in [-0.2, -0.15) is 0 Å². The molecule has 0 saturated heterocycles. The normalized spacial score (nSPS) is 11.8. The molecule has 0 bridgehead atoms. The van der Waals surface area contributed by atoms with Gasteiger partial charge in [0, 0.05) is 17.8 Å². The van der Waals surface area contributed by atoms with Gasteiger partial charge < -0.3 is 20.3 Å². The van der Waals surface area contributed by atoms with E-state index in [-0.39, 0.29) is 34.1 Å². The summed E-state index contributed by atoms with van der Waals surface area (Å²) in [4.78, 5) is 36.3. The molecule has 2 aromatic carbocycles. The standard InChI is InChI=1S/C23H23Cl2N5O4S/c1-12(2)19(27-21(32)16-8-7-14(24)10-17(16)25)20-28-29-23(30(20)3)35-11-18(31)26-15-6-4-5-13(9-15)22(33)34/h4-10,12,19H,11H2,1-3H3,(H,26,31)(H,27,32)(H,33,34)/t19-/m1/s1. The van der Waals surface area contributed by atoms with Crippen LogP contribution in [0, 0.1) is 5.92 Å². The topological polar surface area (TPSA) is 126 Å². The van der Waals surface area contributed by atoms with E-state index in [4.69, 9.17) is 28.3 Å². The van der Waals surface area contributed by atoms with Crippen molar-refractivity contribution in [2.45, 2.75) is 25.0 Å². The Balaban J connectivity index is 1.68. The van der Waals surface area contributed by atoms with Crippen molar-refractivity contribution in [3.05, 3.63) is 69.5 Å². The number of rotatable bonds is 9. The maximum Gasteiger partial charge on any atom is 0.335 e. The van der Waals surface area contributed by atoms with Crippen molar-refractivity contribution < 1.29 is 19.5 Å². The van der Waals surface area contributed by atoms with Gasteiger partial charge in [0.15, 0.2) is 11.0 Å². The molecular weight excluding hydrogens is 513 g/mol. The minimum absolute atomic E-state index is 0.0180. The average molecular weight is 536 g/mol. The molecule has 1 heterocycles. The maximum absolute atomic E-state index is 12.8. The fraction of sp³-hybridized carbons (Fsp3) is 0.261. The summed E-state index contributed by atoms with van der Waals surface area (Å²) in [6, 6.07) is 10.2. The van der Waals surface area contributed by atoms with Crippen LogP contribution < -0.4 is 10.6 Å². The first-order valence-electron chi connectivity index (χ1n) is 10.5. The Kier molecular flexibility index (Phi) is 8.76. The van der Waals surface area contributed by atoms with Crippen molar-refractivity contribution in [2.24, 2.45) is 13.0 Å². The van der Waals surface area contributed by atoms with Crippen LogP contribution >= 0.6 is 35.0 Å². The van der Waals surface area contributed by atoms with Crippen molar-refractivity contribution >= 4 is 58.4 Å². The van der Waals surface area contributed by atoms with E-state index in [1.165, 1.54) is 30.0 Å². The number of carbonyl (C=O) groups excluding carboxylic acids is 2. The molecule has 1 aromatic heterocycles. The molecule has 0 radical (unpaired) electrons. The highest BCUT2D eigenvalue weighted by molar-refractivity contribution is 7.99. The van der Waals surface area contributed by atoms with Crippen LogP contribution in [-0.4, -0.2) is 43.4 Å². The van der Waals surface area contributed by atoms with Crippen LogP contribution in [0.2, 0.25) is 10.0 Å². The number of carboxylic acids is 1. The zero-order valence-corrected chi connectivity index (χ0v) is 21.4. The Bertz CT molecular complexity index is 1260. The van der Waals surface area contributed by atoms with Crippen LogP contribution in [0.5, 0.6) is 0 Å². The molecule has 35 heavy (non-hydrogen) atoms. The van der Waals surface area contributed by atoms with Crippen LogP contribution in [-0.2, 0) is 11.8 Å². The molecule has 12 heteroatoms. The van der Waals surface area contributed by atoms with Gasteiger partial charge in [-0.1, -0.05) is 54.9 Å². The second-order valence-electron chi connectivity index (χ2n) is 7.94. The summed E-state index contributed by atoms with van der Waals surface area (Å²) in [6.45, 7) is 3.88. The van der Waals surface area contributed by atoms with Gasteiger partial charge in [0.25, 0.3) is 5.91 Å². The third-order valence-corrected chi connectivity index (χ3v) is 6.57. The minimum Gasteiger partial charge on any atom is -0.478 e. The van der Waals surface area contributed by atoms with Crippen molar-refractivity contribution in [2.75, 3.05) is 11.1 Å². The Morgan fingerprint density at radius 2 is 1.86 bits per heavy atom. The molecule has 2 amide bonds. The molecule has 0 aliphatic heterocycles. The summed E-state index contributed by atoms with van der Waals surface area (Å²) in [5, 5.41) is 24.3. The summed E-state index contributed by atoms with van der Waals surface area (Å²) in [5.41, 5.74) is 0.759. The summed E-state index contributed by atoms with van der Waals surface area (Å²) >= 11 is 13.3. The van der Waals surface area contributed by atoms with Gasteiger partial charge in [0.1, 0.15) is 0 Å². The van der Waals surface area contributed by atoms with Crippen LogP contribution in [0.1, 0.15) is 46.4 Å². The summed E-state index contributed by atoms with van der Waals surface area (Å²) in [6.07, 6.45) is 0. The maximum atomic E-state index is 12.8. The number of aromatic carboxylic acids is 1. The average Bonchev–Trinajstić information content (AvgIpc) is 3.15. The lowest BCUT2D eigenvalue weighted by molar-refractivity contribution is -0.113. The number of halogens is 2. The summed E-state index contributed by atoms with van der Waals surface area (Å²) < 4.78 is 1.72.